The van der Waals surface area contributed by atoms with Crippen molar-refractivity contribution in [1.29, 1.82) is 0 Å². The zero-order valence-electron chi connectivity index (χ0n) is 14.9. The Balaban J connectivity index is 0.00000182. The number of benzene rings is 2. The second kappa shape index (κ2) is 12.0. The van der Waals surface area contributed by atoms with Crippen LogP contribution < -0.4 is 5.32 Å². The van der Waals surface area contributed by atoms with Crippen LogP contribution in [0.15, 0.2) is 48.5 Å². The van der Waals surface area contributed by atoms with Crippen LogP contribution in [0, 0.1) is 9.39 Å². The molecule has 1 aliphatic heterocycles. The molecule has 0 bridgehead atoms. The standard InChI is InChI=1S/C20H22FIN2O.2ClH/c21-17-5-1-15(2-6-17)13-19-14-23-10-12-24(19)11-9-20(25)16-3-7-18(22)8-4-16;;/h1-8,19,23H,9-14H2;2*1H. The molecule has 0 amide bonds. The number of Topliss-reactive ketones (excluding diaryl/α,β-unsaturated/α-hetero) is 1. The Morgan fingerprint density at radius 2 is 1.78 bits per heavy atom. The smallest absolute Gasteiger partial charge is 0.164 e. The van der Waals surface area contributed by atoms with E-state index in [0.29, 0.717) is 12.5 Å². The van der Waals surface area contributed by atoms with Crippen LogP contribution in [0.2, 0.25) is 0 Å². The van der Waals surface area contributed by atoms with E-state index in [-0.39, 0.29) is 36.4 Å². The maximum atomic E-state index is 13.1. The highest BCUT2D eigenvalue weighted by atomic mass is 127. The van der Waals surface area contributed by atoms with E-state index in [4.69, 9.17) is 0 Å². The minimum absolute atomic E-state index is 0. The number of carbonyl (C=O) groups is 1. The summed E-state index contributed by atoms with van der Waals surface area (Å²) in [6.07, 6.45) is 1.39. The molecule has 27 heavy (non-hydrogen) atoms. The fourth-order valence-corrected chi connectivity index (χ4v) is 3.58. The fourth-order valence-electron chi connectivity index (χ4n) is 3.22. The molecule has 1 fully saturated rings. The third-order valence-electron chi connectivity index (χ3n) is 4.65. The lowest BCUT2D eigenvalue weighted by molar-refractivity contribution is 0.0935. The lowest BCUT2D eigenvalue weighted by Crippen LogP contribution is -2.52. The fraction of sp³-hybridized carbons (Fsp3) is 0.350. The number of hydrogen-bond donors (Lipinski definition) is 1. The van der Waals surface area contributed by atoms with Crippen molar-refractivity contribution < 1.29 is 9.18 Å². The number of ketones is 1. The quantitative estimate of drug-likeness (QED) is 0.450. The minimum Gasteiger partial charge on any atom is -0.314 e. The van der Waals surface area contributed by atoms with E-state index in [0.717, 1.165) is 47.3 Å². The third kappa shape index (κ3) is 7.31. The van der Waals surface area contributed by atoms with Crippen molar-refractivity contribution in [3.05, 3.63) is 69.0 Å². The first-order chi connectivity index (χ1) is 12.1. The number of piperazine rings is 1. The molecule has 0 saturated carbocycles. The molecule has 1 N–H and O–H groups in total. The molecule has 0 radical (unpaired) electrons. The van der Waals surface area contributed by atoms with Gasteiger partial charge in [0.15, 0.2) is 5.78 Å². The van der Waals surface area contributed by atoms with Gasteiger partial charge in [-0.25, -0.2) is 4.39 Å². The second-order valence-corrected chi connectivity index (χ2v) is 7.65. The molecular weight excluding hydrogens is 501 g/mol. The zero-order valence-corrected chi connectivity index (χ0v) is 18.7. The number of carbonyl (C=O) groups excluding carboxylic acids is 1. The van der Waals surface area contributed by atoms with Crippen LogP contribution in [-0.2, 0) is 6.42 Å². The van der Waals surface area contributed by atoms with Crippen molar-refractivity contribution in [2.45, 2.75) is 18.9 Å². The lowest BCUT2D eigenvalue weighted by Gasteiger charge is -2.36. The molecule has 0 spiro atoms. The van der Waals surface area contributed by atoms with Crippen LogP contribution in [0.4, 0.5) is 4.39 Å². The first-order valence-electron chi connectivity index (χ1n) is 8.60. The number of hydrogen-bond acceptors (Lipinski definition) is 3. The largest absolute Gasteiger partial charge is 0.314 e. The summed E-state index contributed by atoms with van der Waals surface area (Å²) in [4.78, 5) is 14.8. The van der Waals surface area contributed by atoms with Gasteiger partial charge >= 0.3 is 0 Å². The molecule has 1 unspecified atom stereocenters. The third-order valence-corrected chi connectivity index (χ3v) is 5.37. The van der Waals surface area contributed by atoms with Crippen LogP contribution in [0.3, 0.4) is 0 Å². The minimum atomic E-state index is -0.203. The summed E-state index contributed by atoms with van der Waals surface area (Å²) in [5, 5.41) is 3.42. The Hall–Kier alpha value is -0.730. The van der Waals surface area contributed by atoms with Crippen LogP contribution >= 0.6 is 47.4 Å². The number of nitrogens with one attached hydrogen (secondary N) is 1. The molecule has 7 heteroatoms. The van der Waals surface area contributed by atoms with Gasteiger partial charge in [0.25, 0.3) is 0 Å². The van der Waals surface area contributed by atoms with Crippen LogP contribution in [-0.4, -0.2) is 42.9 Å². The Labute approximate surface area is 186 Å². The van der Waals surface area contributed by atoms with Gasteiger partial charge in [-0.2, -0.15) is 0 Å². The molecule has 3 nitrogen and oxygen atoms in total. The highest BCUT2D eigenvalue weighted by Gasteiger charge is 2.23. The summed E-state index contributed by atoms with van der Waals surface area (Å²) < 4.78 is 14.2. The van der Waals surface area contributed by atoms with Crippen LogP contribution in [0.25, 0.3) is 0 Å². The first-order valence-corrected chi connectivity index (χ1v) is 9.67. The molecule has 1 atom stereocenters. The topological polar surface area (TPSA) is 32.3 Å². The summed E-state index contributed by atoms with van der Waals surface area (Å²) in [5.41, 5.74) is 1.91. The molecule has 2 aromatic rings. The molecule has 148 valence electrons. The van der Waals surface area contributed by atoms with E-state index in [1.165, 1.54) is 12.1 Å². The van der Waals surface area contributed by atoms with Crippen LogP contribution in [0.5, 0.6) is 0 Å². The maximum absolute atomic E-state index is 13.1. The maximum Gasteiger partial charge on any atom is 0.164 e. The van der Waals surface area contributed by atoms with Gasteiger partial charge in [0.05, 0.1) is 0 Å². The predicted molar refractivity (Wildman–Crippen MR) is 121 cm³/mol. The first kappa shape index (κ1) is 24.3. The molecule has 1 aliphatic rings. The predicted octanol–water partition coefficient (Wildman–Crippen LogP) is 4.36. The molecule has 3 rings (SSSR count). The Morgan fingerprint density at radius 1 is 1.11 bits per heavy atom. The van der Waals surface area contributed by atoms with E-state index >= 15 is 0 Å². The van der Waals surface area contributed by atoms with Crippen molar-refractivity contribution in [1.82, 2.24) is 10.2 Å². The van der Waals surface area contributed by atoms with Crippen molar-refractivity contribution in [2.75, 3.05) is 26.2 Å². The molecule has 1 saturated heterocycles. The van der Waals surface area contributed by atoms with Gasteiger partial charge in [-0.1, -0.05) is 24.3 Å². The SMILES string of the molecule is Cl.Cl.O=C(CCN1CCNCC1Cc1ccc(F)cc1)c1ccc(I)cc1. The van der Waals surface area contributed by atoms with Gasteiger partial charge in [-0.05, 0) is 58.8 Å². The van der Waals surface area contributed by atoms with E-state index < -0.39 is 0 Å². The zero-order chi connectivity index (χ0) is 17.6. The van der Waals surface area contributed by atoms with Gasteiger partial charge in [-0.3, -0.25) is 9.69 Å². The van der Waals surface area contributed by atoms with Gasteiger partial charge in [0.2, 0.25) is 0 Å². The van der Waals surface area contributed by atoms with Crippen LogP contribution in [0.1, 0.15) is 22.3 Å². The molecule has 1 heterocycles. The summed E-state index contributed by atoms with van der Waals surface area (Å²) in [6, 6.07) is 14.8. The number of halogens is 4. The van der Waals surface area contributed by atoms with Gasteiger partial charge in [0.1, 0.15) is 5.82 Å². The lowest BCUT2D eigenvalue weighted by atomic mass is 10.0. The van der Waals surface area contributed by atoms with E-state index in [1.54, 1.807) is 0 Å². The van der Waals surface area contributed by atoms with Gasteiger partial charge in [0, 0.05) is 47.8 Å². The molecular formula is C20H24Cl2FIN2O. The number of nitrogens with zero attached hydrogens (tertiary/aromatic N) is 1. The van der Waals surface area contributed by atoms with E-state index in [1.807, 2.05) is 36.4 Å². The average Bonchev–Trinajstić information content (AvgIpc) is 2.63. The van der Waals surface area contributed by atoms with E-state index in [9.17, 15) is 9.18 Å². The van der Waals surface area contributed by atoms with Gasteiger partial charge in [-0.15, -0.1) is 24.8 Å². The number of rotatable bonds is 6. The normalized spacial score (nSPS) is 16.9. The monoisotopic (exact) mass is 524 g/mol. The summed E-state index contributed by atoms with van der Waals surface area (Å²) in [5.74, 6) is -0.0130. The Kier molecular flexibility index (Phi) is 10.8. The average molecular weight is 525 g/mol. The van der Waals surface area contributed by atoms with Crippen molar-refractivity contribution in [3.63, 3.8) is 0 Å². The van der Waals surface area contributed by atoms with Crippen molar-refractivity contribution in [3.8, 4) is 0 Å². The van der Waals surface area contributed by atoms with E-state index in [2.05, 4.69) is 32.8 Å². The Morgan fingerprint density at radius 3 is 2.44 bits per heavy atom. The molecule has 2 aromatic carbocycles. The second-order valence-electron chi connectivity index (χ2n) is 6.40. The highest BCUT2D eigenvalue weighted by molar-refractivity contribution is 14.1. The van der Waals surface area contributed by atoms with Crippen molar-refractivity contribution in [2.24, 2.45) is 0 Å². The summed E-state index contributed by atoms with van der Waals surface area (Å²) >= 11 is 2.24. The van der Waals surface area contributed by atoms with Crippen molar-refractivity contribution >= 4 is 53.2 Å². The summed E-state index contributed by atoms with van der Waals surface area (Å²) in [7, 11) is 0. The highest BCUT2D eigenvalue weighted by Crippen LogP contribution is 2.14. The van der Waals surface area contributed by atoms with Gasteiger partial charge < -0.3 is 5.32 Å². The molecule has 0 aromatic heterocycles. The Bertz CT molecular complexity index is 713. The molecule has 0 aliphatic carbocycles. The summed E-state index contributed by atoms with van der Waals surface area (Å²) in [6.45, 7) is 3.54.